The van der Waals surface area contributed by atoms with Crippen molar-refractivity contribution in [3.8, 4) is 5.75 Å². The van der Waals surface area contributed by atoms with Gasteiger partial charge < -0.3 is 10.2 Å². The van der Waals surface area contributed by atoms with Gasteiger partial charge in [-0.25, -0.2) is 0 Å². The Morgan fingerprint density at radius 1 is 1.47 bits per heavy atom. The number of nitro groups is 1. The van der Waals surface area contributed by atoms with E-state index in [0.29, 0.717) is 17.1 Å². The summed E-state index contributed by atoms with van der Waals surface area (Å²) < 4.78 is 0. The Hall–Kier alpha value is -1.76. The minimum atomic E-state index is -0.888. The predicted octanol–water partition coefficient (Wildman–Crippen LogP) is 2.01. The monoisotopic (exact) mass is 257 g/mol. The molecule has 0 saturated heterocycles. The lowest BCUT2D eigenvalue weighted by Crippen LogP contribution is -1.96. The van der Waals surface area contributed by atoms with Crippen LogP contribution in [0.2, 0.25) is 0 Å². The van der Waals surface area contributed by atoms with Crippen LogP contribution in [0.5, 0.6) is 5.75 Å². The zero-order valence-corrected chi connectivity index (χ0v) is 9.64. The van der Waals surface area contributed by atoms with Gasteiger partial charge in [0, 0.05) is 29.2 Å². The van der Waals surface area contributed by atoms with Crippen molar-refractivity contribution in [2.45, 2.75) is 12.2 Å². The molecule has 1 rings (SSSR count). The topological polar surface area (TPSA) is 101 Å². The van der Waals surface area contributed by atoms with Gasteiger partial charge in [0.05, 0.1) is 11.3 Å². The fourth-order valence-corrected chi connectivity index (χ4v) is 2.06. The third kappa shape index (κ3) is 4.31. The summed E-state index contributed by atoms with van der Waals surface area (Å²) in [6.45, 7) is 0. The van der Waals surface area contributed by atoms with Gasteiger partial charge in [-0.15, -0.1) is 0 Å². The number of aliphatic carboxylic acids is 1. The van der Waals surface area contributed by atoms with Crippen molar-refractivity contribution in [1.82, 2.24) is 0 Å². The van der Waals surface area contributed by atoms with E-state index in [-0.39, 0.29) is 17.9 Å². The molecule has 0 unspecified atom stereocenters. The Morgan fingerprint density at radius 3 is 2.76 bits per heavy atom. The molecule has 0 aromatic heterocycles. The van der Waals surface area contributed by atoms with Gasteiger partial charge in [-0.1, -0.05) is 0 Å². The maximum absolute atomic E-state index is 10.5. The molecule has 0 atom stereocenters. The lowest BCUT2D eigenvalue weighted by atomic mass is 10.2. The van der Waals surface area contributed by atoms with Crippen LogP contribution in [0.4, 0.5) is 5.69 Å². The zero-order valence-electron chi connectivity index (χ0n) is 8.83. The van der Waals surface area contributed by atoms with Crippen molar-refractivity contribution < 1.29 is 19.9 Å². The number of phenolic OH excluding ortho intramolecular Hbond substituents is 1. The van der Waals surface area contributed by atoms with Gasteiger partial charge in [0.2, 0.25) is 0 Å². The smallest absolute Gasteiger partial charge is 0.304 e. The molecule has 0 aliphatic carbocycles. The van der Waals surface area contributed by atoms with E-state index in [1.165, 1.54) is 30.0 Å². The summed E-state index contributed by atoms with van der Waals surface area (Å²) in [7, 11) is 0. The number of nitro benzene ring substituents is 1. The number of aromatic hydroxyl groups is 1. The van der Waals surface area contributed by atoms with E-state index >= 15 is 0 Å². The minimum absolute atomic E-state index is 0.0153. The minimum Gasteiger partial charge on any atom is -0.508 e. The quantitative estimate of drug-likeness (QED) is 0.459. The molecule has 0 heterocycles. The molecule has 0 aliphatic heterocycles. The van der Waals surface area contributed by atoms with E-state index in [2.05, 4.69) is 0 Å². The number of carbonyl (C=O) groups is 1. The second-order valence-corrected chi connectivity index (χ2v) is 4.37. The Bertz CT molecular complexity index is 435. The largest absolute Gasteiger partial charge is 0.508 e. The van der Waals surface area contributed by atoms with E-state index in [4.69, 9.17) is 5.11 Å². The number of hydrogen-bond donors (Lipinski definition) is 2. The molecule has 0 amide bonds. The van der Waals surface area contributed by atoms with Crippen LogP contribution in [0.3, 0.4) is 0 Å². The lowest BCUT2D eigenvalue weighted by molar-refractivity contribution is -0.384. The van der Waals surface area contributed by atoms with Gasteiger partial charge in [-0.05, 0) is 6.07 Å². The molecule has 0 spiro atoms. The molecule has 0 radical (unpaired) electrons. The second kappa shape index (κ2) is 6.09. The number of nitrogens with zero attached hydrogens (tertiary/aromatic N) is 1. The molecule has 92 valence electrons. The predicted molar refractivity (Wildman–Crippen MR) is 63.2 cm³/mol. The number of benzene rings is 1. The number of non-ortho nitro benzene ring substituents is 1. The number of thioether (sulfide) groups is 1. The summed E-state index contributed by atoms with van der Waals surface area (Å²) in [5.74, 6) is -0.155. The Kier molecular flexibility index (Phi) is 4.77. The highest BCUT2D eigenvalue weighted by Gasteiger charge is 2.10. The first-order chi connectivity index (χ1) is 8.00. The van der Waals surface area contributed by atoms with Gasteiger partial charge in [0.1, 0.15) is 5.75 Å². The molecular weight excluding hydrogens is 246 g/mol. The molecule has 6 nitrogen and oxygen atoms in total. The van der Waals surface area contributed by atoms with Crippen molar-refractivity contribution >= 4 is 23.4 Å². The number of phenols is 1. The van der Waals surface area contributed by atoms with Crippen molar-refractivity contribution in [3.63, 3.8) is 0 Å². The third-order valence-corrected chi connectivity index (χ3v) is 3.00. The highest BCUT2D eigenvalue weighted by atomic mass is 32.2. The van der Waals surface area contributed by atoms with Crippen LogP contribution in [0.15, 0.2) is 18.2 Å². The molecule has 0 saturated carbocycles. The van der Waals surface area contributed by atoms with E-state index in [1.807, 2.05) is 0 Å². The first kappa shape index (κ1) is 13.3. The van der Waals surface area contributed by atoms with Crippen LogP contribution >= 0.6 is 11.8 Å². The number of rotatable bonds is 6. The van der Waals surface area contributed by atoms with Crippen LogP contribution in [0.1, 0.15) is 12.0 Å². The highest BCUT2D eigenvalue weighted by Crippen LogP contribution is 2.26. The summed E-state index contributed by atoms with van der Waals surface area (Å²) in [6, 6.07) is 3.79. The van der Waals surface area contributed by atoms with E-state index in [1.54, 1.807) is 0 Å². The molecule has 1 aromatic carbocycles. The normalized spacial score (nSPS) is 10.1. The molecule has 1 aromatic rings. The summed E-state index contributed by atoms with van der Waals surface area (Å²) in [5.41, 5.74) is 0.353. The average Bonchev–Trinajstić information content (AvgIpc) is 2.25. The van der Waals surface area contributed by atoms with Crippen molar-refractivity contribution in [2.24, 2.45) is 0 Å². The summed E-state index contributed by atoms with van der Waals surface area (Å²) >= 11 is 1.31. The maximum Gasteiger partial charge on any atom is 0.304 e. The van der Waals surface area contributed by atoms with Crippen LogP contribution in [-0.4, -0.2) is 26.9 Å². The van der Waals surface area contributed by atoms with Crippen LogP contribution in [0, 0.1) is 10.1 Å². The number of carboxylic acid groups (broad SMARTS) is 1. The SMILES string of the molecule is O=C(O)CCSCc1cc([N+](=O)[O-])ccc1O. The summed E-state index contributed by atoms with van der Waals surface area (Å²) in [5, 5.41) is 28.4. The molecule has 2 N–H and O–H groups in total. The van der Waals surface area contributed by atoms with Gasteiger partial charge >= 0.3 is 5.97 Å². The van der Waals surface area contributed by atoms with Gasteiger partial charge in [-0.2, -0.15) is 11.8 Å². The average molecular weight is 257 g/mol. The first-order valence-corrected chi connectivity index (χ1v) is 5.92. The number of carboxylic acids is 1. The molecular formula is C10H11NO5S. The van der Waals surface area contributed by atoms with Crippen LogP contribution in [0.25, 0.3) is 0 Å². The van der Waals surface area contributed by atoms with E-state index in [9.17, 15) is 20.0 Å². The highest BCUT2D eigenvalue weighted by molar-refractivity contribution is 7.98. The van der Waals surface area contributed by atoms with Crippen molar-refractivity contribution in [3.05, 3.63) is 33.9 Å². The molecule has 0 aliphatic rings. The molecule has 0 bridgehead atoms. The number of hydrogen-bond acceptors (Lipinski definition) is 5. The Balaban J connectivity index is 2.60. The van der Waals surface area contributed by atoms with Crippen molar-refractivity contribution in [1.29, 1.82) is 0 Å². The molecule has 0 fully saturated rings. The van der Waals surface area contributed by atoms with Crippen LogP contribution < -0.4 is 0 Å². The van der Waals surface area contributed by atoms with E-state index < -0.39 is 10.9 Å². The first-order valence-electron chi connectivity index (χ1n) is 4.76. The van der Waals surface area contributed by atoms with Crippen molar-refractivity contribution in [2.75, 3.05) is 5.75 Å². The standard InChI is InChI=1S/C10H11NO5S/c12-9-2-1-8(11(15)16)5-7(9)6-17-4-3-10(13)14/h1-2,5,12H,3-4,6H2,(H,13,14). The van der Waals surface area contributed by atoms with Gasteiger partial charge in [0.15, 0.2) is 0 Å². The van der Waals surface area contributed by atoms with Gasteiger partial charge in [-0.3, -0.25) is 14.9 Å². The summed E-state index contributed by atoms with van der Waals surface area (Å²) in [6.07, 6.45) is 0.0281. The van der Waals surface area contributed by atoms with E-state index in [0.717, 1.165) is 0 Å². The summed E-state index contributed by atoms with van der Waals surface area (Å²) in [4.78, 5) is 20.3. The zero-order chi connectivity index (χ0) is 12.8. The maximum atomic E-state index is 10.5. The fraction of sp³-hybridized carbons (Fsp3) is 0.300. The Labute approximate surface area is 101 Å². The van der Waals surface area contributed by atoms with Gasteiger partial charge in [0.25, 0.3) is 5.69 Å². The van der Waals surface area contributed by atoms with Crippen LogP contribution in [-0.2, 0) is 10.5 Å². The fourth-order valence-electron chi connectivity index (χ4n) is 1.14. The molecule has 17 heavy (non-hydrogen) atoms. The second-order valence-electron chi connectivity index (χ2n) is 3.27. The lowest BCUT2D eigenvalue weighted by Gasteiger charge is -2.03. The Morgan fingerprint density at radius 2 is 2.18 bits per heavy atom. The third-order valence-electron chi connectivity index (χ3n) is 1.99. The molecule has 7 heteroatoms.